The number of carboxylic acids is 1. The molecule has 8 heteroatoms. The van der Waals surface area contributed by atoms with Crippen LogP contribution < -0.4 is 0 Å². The van der Waals surface area contributed by atoms with Crippen LogP contribution in [0.3, 0.4) is 0 Å². The van der Waals surface area contributed by atoms with Gasteiger partial charge in [-0.2, -0.15) is 0 Å². The van der Waals surface area contributed by atoms with E-state index in [0.29, 0.717) is 32.7 Å². The lowest BCUT2D eigenvalue weighted by molar-refractivity contribution is -0.134. The summed E-state index contributed by atoms with van der Waals surface area (Å²) in [6, 6.07) is 0. The van der Waals surface area contributed by atoms with E-state index in [1.807, 2.05) is 0 Å². The van der Waals surface area contributed by atoms with E-state index in [4.69, 9.17) is 9.84 Å². The highest BCUT2D eigenvalue weighted by Crippen LogP contribution is 2.08. The monoisotopic (exact) mass is 280 g/mol. The van der Waals surface area contributed by atoms with Gasteiger partial charge >= 0.3 is 5.97 Å². The molecule has 1 aliphatic heterocycles. The molecular formula is C10H20N2O5S. The molecule has 7 nitrogen and oxygen atoms in total. The summed E-state index contributed by atoms with van der Waals surface area (Å²) >= 11 is 0. The van der Waals surface area contributed by atoms with E-state index in [-0.39, 0.29) is 0 Å². The topological polar surface area (TPSA) is 87.2 Å². The van der Waals surface area contributed by atoms with Gasteiger partial charge in [0.15, 0.2) is 5.75 Å². The number of methoxy groups -OCH3 is 1. The van der Waals surface area contributed by atoms with Gasteiger partial charge in [-0.1, -0.05) is 0 Å². The Morgan fingerprint density at radius 2 is 2.00 bits per heavy atom. The van der Waals surface area contributed by atoms with Gasteiger partial charge in [0, 0.05) is 33.3 Å². The molecule has 18 heavy (non-hydrogen) atoms. The second-order valence-electron chi connectivity index (χ2n) is 4.24. The fraction of sp³-hybridized carbons (Fsp3) is 0.900. The summed E-state index contributed by atoms with van der Waals surface area (Å²) in [7, 11) is -2.05. The van der Waals surface area contributed by atoms with E-state index < -0.39 is 21.7 Å². The first-order chi connectivity index (χ1) is 8.45. The number of carbonyl (C=O) groups is 1. The summed E-state index contributed by atoms with van der Waals surface area (Å²) in [5.41, 5.74) is 0. The smallest absolute Gasteiger partial charge is 0.320 e. The Hall–Kier alpha value is -0.700. The second kappa shape index (κ2) is 7.03. The number of carboxylic acid groups (broad SMARTS) is 1. The predicted octanol–water partition coefficient (Wildman–Crippen LogP) is -0.945. The van der Waals surface area contributed by atoms with Gasteiger partial charge in [0.1, 0.15) is 0 Å². The van der Waals surface area contributed by atoms with Crippen molar-refractivity contribution in [2.75, 3.05) is 52.2 Å². The maximum atomic E-state index is 11.8. The summed E-state index contributed by atoms with van der Waals surface area (Å²) in [4.78, 5) is 12.6. The number of hydrogen-bond donors (Lipinski definition) is 1. The van der Waals surface area contributed by atoms with E-state index in [2.05, 4.69) is 4.90 Å². The standard InChI is InChI=1S/C10H20N2O5S/c1-17-8-7-11-3-2-4-12(6-5-11)18(15,16)9-10(13)14/h2-9H2,1H3,(H,13,14). The van der Waals surface area contributed by atoms with Gasteiger partial charge in [-0.15, -0.1) is 0 Å². The van der Waals surface area contributed by atoms with Crippen molar-refractivity contribution in [3.8, 4) is 0 Å². The van der Waals surface area contributed by atoms with Gasteiger partial charge in [-0.3, -0.25) is 9.69 Å². The molecule has 0 atom stereocenters. The third-order valence-corrected chi connectivity index (χ3v) is 4.62. The van der Waals surface area contributed by atoms with Gasteiger partial charge in [0.2, 0.25) is 10.0 Å². The van der Waals surface area contributed by atoms with Crippen LogP contribution in [-0.2, 0) is 19.6 Å². The minimum Gasteiger partial charge on any atom is -0.480 e. The summed E-state index contributed by atoms with van der Waals surface area (Å²) in [5, 5.41) is 8.59. The Bertz CT molecular complexity index is 370. The van der Waals surface area contributed by atoms with Crippen LogP contribution >= 0.6 is 0 Å². The lowest BCUT2D eigenvalue weighted by Gasteiger charge is -2.20. The van der Waals surface area contributed by atoms with E-state index in [0.717, 1.165) is 13.1 Å². The van der Waals surface area contributed by atoms with Crippen molar-refractivity contribution < 1.29 is 23.1 Å². The largest absolute Gasteiger partial charge is 0.480 e. The van der Waals surface area contributed by atoms with Gasteiger partial charge in [-0.05, 0) is 13.0 Å². The molecule has 0 aliphatic carbocycles. The maximum absolute atomic E-state index is 11.8. The molecule has 1 aliphatic rings. The van der Waals surface area contributed by atoms with Crippen molar-refractivity contribution in [2.45, 2.75) is 6.42 Å². The fourth-order valence-corrected chi connectivity index (χ4v) is 3.18. The van der Waals surface area contributed by atoms with Crippen molar-refractivity contribution in [3.05, 3.63) is 0 Å². The third-order valence-electron chi connectivity index (χ3n) is 2.86. The minimum atomic E-state index is -3.67. The number of ether oxygens (including phenoxy) is 1. The van der Waals surface area contributed by atoms with E-state index in [9.17, 15) is 13.2 Å². The van der Waals surface area contributed by atoms with Crippen molar-refractivity contribution in [1.29, 1.82) is 0 Å². The average Bonchev–Trinajstić information content (AvgIpc) is 2.50. The van der Waals surface area contributed by atoms with Gasteiger partial charge in [0.25, 0.3) is 0 Å². The van der Waals surface area contributed by atoms with Crippen LogP contribution in [0.25, 0.3) is 0 Å². The van der Waals surface area contributed by atoms with Crippen LogP contribution in [0.4, 0.5) is 0 Å². The highest BCUT2D eigenvalue weighted by atomic mass is 32.2. The summed E-state index contributed by atoms with van der Waals surface area (Å²) in [5.74, 6) is -2.14. The quantitative estimate of drug-likeness (QED) is 0.675. The summed E-state index contributed by atoms with van der Waals surface area (Å²) in [6.07, 6.45) is 0.711. The van der Waals surface area contributed by atoms with E-state index in [1.54, 1.807) is 7.11 Å². The van der Waals surface area contributed by atoms with Crippen LogP contribution in [0.1, 0.15) is 6.42 Å². The molecular weight excluding hydrogens is 260 g/mol. The van der Waals surface area contributed by atoms with Crippen molar-refractivity contribution >= 4 is 16.0 Å². The Morgan fingerprint density at radius 3 is 2.61 bits per heavy atom. The third kappa shape index (κ3) is 4.89. The first-order valence-electron chi connectivity index (χ1n) is 5.86. The molecule has 0 spiro atoms. The second-order valence-corrected chi connectivity index (χ2v) is 6.21. The van der Waals surface area contributed by atoms with Gasteiger partial charge < -0.3 is 9.84 Å². The zero-order valence-corrected chi connectivity index (χ0v) is 11.4. The van der Waals surface area contributed by atoms with Gasteiger partial charge in [-0.25, -0.2) is 12.7 Å². The molecule has 0 unspecified atom stereocenters. The SMILES string of the molecule is COCCN1CCCN(S(=O)(=O)CC(=O)O)CC1. The first-order valence-corrected chi connectivity index (χ1v) is 7.47. The first kappa shape index (κ1) is 15.4. The molecule has 0 saturated carbocycles. The molecule has 106 valence electrons. The number of aliphatic carboxylic acids is 1. The molecule has 0 aromatic carbocycles. The minimum absolute atomic E-state index is 0.347. The summed E-state index contributed by atoms with van der Waals surface area (Å²) < 4.78 is 29.8. The zero-order chi connectivity index (χ0) is 13.6. The summed E-state index contributed by atoms with van der Waals surface area (Å²) in [6.45, 7) is 3.54. The molecule has 0 bridgehead atoms. The van der Waals surface area contributed by atoms with Crippen LogP contribution in [0.15, 0.2) is 0 Å². The number of sulfonamides is 1. The highest BCUT2D eigenvalue weighted by Gasteiger charge is 2.27. The van der Waals surface area contributed by atoms with E-state index >= 15 is 0 Å². The molecule has 1 saturated heterocycles. The van der Waals surface area contributed by atoms with Crippen molar-refractivity contribution in [2.24, 2.45) is 0 Å². The van der Waals surface area contributed by atoms with Crippen molar-refractivity contribution in [1.82, 2.24) is 9.21 Å². The highest BCUT2D eigenvalue weighted by molar-refractivity contribution is 7.89. The lowest BCUT2D eigenvalue weighted by Crippen LogP contribution is -2.38. The van der Waals surface area contributed by atoms with Gasteiger partial charge in [0.05, 0.1) is 6.61 Å². The molecule has 1 rings (SSSR count). The normalized spacial score (nSPS) is 19.6. The fourth-order valence-electron chi connectivity index (χ4n) is 1.92. The predicted molar refractivity (Wildman–Crippen MR) is 65.9 cm³/mol. The molecule has 0 aromatic heterocycles. The Kier molecular flexibility index (Phi) is 6.00. The number of rotatable bonds is 6. The van der Waals surface area contributed by atoms with Crippen LogP contribution in [-0.4, -0.2) is 80.9 Å². The van der Waals surface area contributed by atoms with Crippen molar-refractivity contribution in [3.63, 3.8) is 0 Å². The molecule has 0 amide bonds. The molecule has 1 heterocycles. The van der Waals surface area contributed by atoms with Crippen LogP contribution in [0, 0.1) is 0 Å². The number of nitrogens with zero attached hydrogens (tertiary/aromatic N) is 2. The Balaban J connectivity index is 2.53. The van der Waals surface area contributed by atoms with Crippen LogP contribution in [0.2, 0.25) is 0 Å². The Labute approximate surface area is 107 Å². The molecule has 1 N–H and O–H groups in total. The molecule has 0 aromatic rings. The maximum Gasteiger partial charge on any atom is 0.320 e. The molecule has 0 radical (unpaired) electrons. The average molecular weight is 280 g/mol. The lowest BCUT2D eigenvalue weighted by atomic mass is 10.4. The molecule has 1 fully saturated rings. The van der Waals surface area contributed by atoms with E-state index in [1.165, 1.54) is 4.31 Å². The van der Waals surface area contributed by atoms with Crippen LogP contribution in [0.5, 0.6) is 0 Å². The number of hydrogen-bond acceptors (Lipinski definition) is 5. The Morgan fingerprint density at radius 1 is 1.28 bits per heavy atom. The zero-order valence-electron chi connectivity index (χ0n) is 10.5.